The maximum Gasteiger partial charge on any atom is 0.243 e. The molecule has 0 spiro atoms. The number of hydrazine groups is 1. The van der Waals surface area contributed by atoms with Crippen LogP contribution in [-0.2, 0) is 86.3 Å². The molecule has 0 aliphatic carbocycles. The normalized spacial score (nSPS) is 14.7. The van der Waals surface area contributed by atoms with Gasteiger partial charge in [0.2, 0.25) is 106 Å². The lowest BCUT2D eigenvalue weighted by Crippen LogP contribution is -2.61. The maximum atomic E-state index is 14.9. The zero-order valence-corrected chi connectivity index (χ0v) is 87.6. The fraction of sp³-hybridized carbons (Fsp3) is 0.814. The summed E-state index contributed by atoms with van der Waals surface area (Å²) >= 11 is 0. The number of hydrogen-bond acceptors (Lipinski definition) is 26. The minimum atomic E-state index is -1.61. The van der Waals surface area contributed by atoms with Crippen LogP contribution in [0, 0.1) is 47.3 Å². The van der Waals surface area contributed by atoms with Gasteiger partial charge in [0.05, 0.1) is 12.6 Å². The summed E-state index contributed by atoms with van der Waals surface area (Å²) in [7, 11) is 0. The third-order valence-corrected chi connectivity index (χ3v) is 23.2. The van der Waals surface area contributed by atoms with Crippen LogP contribution in [0.3, 0.4) is 0 Å². The second-order valence-electron chi connectivity index (χ2n) is 40.7. The number of primary amides is 1. The summed E-state index contributed by atoms with van der Waals surface area (Å²) in [5.74, 6) is -9.71. The van der Waals surface area contributed by atoms with Crippen LogP contribution in [-0.4, -0.2) is 249 Å². The highest BCUT2D eigenvalue weighted by molar-refractivity contribution is 6.01. The van der Waals surface area contributed by atoms with Gasteiger partial charge in [-0.15, -0.1) is 0 Å². The van der Waals surface area contributed by atoms with E-state index in [9.17, 15) is 86.3 Å². The van der Waals surface area contributed by atoms with Crippen LogP contribution in [0.4, 0.5) is 0 Å². The van der Waals surface area contributed by atoms with Gasteiger partial charge >= 0.3 is 0 Å². The van der Waals surface area contributed by atoms with E-state index in [0.29, 0.717) is 109 Å². The third-order valence-electron chi connectivity index (χ3n) is 23.2. The Morgan fingerprint density at radius 2 is 0.404 bits per heavy atom. The fourth-order valence-corrected chi connectivity index (χ4v) is 15.7. The highest BCUT2D eigenvalue weighted by Crippen LogP contribution is 2.20. The molecule has 141 heavy (non-hydrogen) atoms. The number of nitrogens with two attached hydrogens (primary N) is 9. The molecule has 18 amide bonds. The minimum absolute atomic E-state index is 0.00397. The standard InChI is InChI=1S/C97H186N26O18/c1-57(2)48-65(104)83(127)109-67(33-20-26-42-99)85(129)111-68(34-21-27-43-100)86(130)117-77(53-62(11)12)95(139)120-75(51-60(7)8)93(137)114-71(37-24-30-46-103)89(133)119-79(55-64(15)16)97(141)122-76(52-61(9)10)94(138)115-72(39-40-80(105)124)90(134)112-69(35-22-28-44-101)87(131)118-78(54-63(13)14)96(140)121-74(50-59(5)6)92(136)113-70(36-23-29-45-102)88(132)116-73(49-58(3)4)91(135)110-66(32-19-25-41-98)84(128)108-56-82(126)107-47-31-17-18-38-81(125)123-106/h57-79H,17-56,98-104,106H2,1-16H3,(H2,105,124)(H,107,126)(H,108,128)(H,109,127)(H,110,135)(H,111,129)(H,112,134)(H,113,136)(H,114,137)(H,115,138)(H,116,132)(H,117,130)(H,118,131)(H,119,133)(H,120,139)(H,121,140)(H,122,141)(H,123,125)/t65-,66-,67-,68-,69-,70-,71-,72-,73-,74-,75-,76-,77-,78-,79-/m0/s1. The first-order valence-electron chi connectivity index (χ1n) is 51.6. The smallest absolute Gasteiger partial charge is 0.243 e. The first-order valence-corrected chi connectivity index (χ1v) is 51.6. The molecule has 0 fully saturated rings. The average Bonchev–Trinajstić information content (AvgIpc) is 0.847. The molecular weight excluding hydrogens is 1820 g/mol. The molecule has 44 nitrogen and oxygen atoms in total. The van der Waals surface area contributed by atoms with Crippen molar-refractivity contribution < 1.29 is 86.3 Å². The number of rotatable bonds is 80. The third kappa shape index (κ3) is 59.7. The van der Waals surface area contributed by atoms with Crippen molar-refractivity contribution in [2.45, 2.75) is 407 Å². The van der Waals surface area contributed by atoms with E-state index in [1.54, 1.807) is 55.4 Å². The Labute approximate surface area is 837 Å². The summed E-state index contributed by atoms with van der Waals surface area (Å²) in [5.41, 5.74) is 49.2. The summed E-state index contributed by atoms with van der Waals surface area (Å²) in [6.45, 7) is 30.5. The summed E-state index contributed by atoms with van der Waals surface area (Å²) < 4.78 is 0. The molecule has 0 aliphatic heterocycles. The number of amides is 18. The van der Waals surface area contributed by atoms with Crippen molar-refractivity contribution in [1.29, 1.82) is 0 Å². The van der Waals surface area contributed by atoms with Gasteiger partial charge in [-0.2, -0.15) is 0 Å². The zero-order valence-electron chi connectivity index (χ0n) is 87.6. The second kappa shape index (κ2) is 75.0. The lowest BCUT2D eigenvalue weighted by Gasteiger charge is -2.30. The molecule has 0 aromatic heterocycles. The maximum absolute atomic E-state index is 14.9. The molecule has 0 unspecified atom stereocenters. The van der Waals surface area contributed by atoms with Gasteiger partial charge in [0.1, 0.15) is 84.6 Å². The molecule has 15 atom stereocenters. The van der Waals surface area contributed by atoms with E-state index in [4.69, 9.17) is 51.7 Å². The van der Waals surface area contributed by atoms with Gasteiger partial charge in [-0.1, -0.05) is 117 Å². The summed E-state index contributed by atoms with van der Waals surface area (Å²) in [6.07, 6.45) is 7.03. The average molecular weight is 2000 g/mol. The first kappa shape index (κ1) is 131. The molecular formula is C97H186N26O18. The van der Waals surface area contributed by atoms with Crippen LogP contribution in [0.15, 0.2) is 0 Å². The van der Waals surface area contributed by atoms with Crippen molar-refractivity contribution in [2.75, 3.05) is 52.4 Å². The van der Waals surface area contributed by atoms with Gasteiger partial charge in [0.25, 0.3) is 0 Å². The molecule has 0 rings (SSSR count). The van der Waals surface area contributed by atoms with Gasteiger partial charge in [-0.3, -0.25) is 91.7 Å². The fourth-order valence-electron chi connectivity index (χ4n) is 15.7. The van der Waals surface area contributed by atoms with Crippen molar-refractivity contribution in [3.8, 4) is 0 Å². The van der Waals surface area contributed by atoms with Crippen LogP contribution >= 0.6 is 0 Å². The molecule has 0 bridgehead atoms. The predicted molar refractivity (Wildman–Crippen MR) is 543 cm³/mol. The number of nitrogens with one attached hydrogen (secondary N) is 17. The molecule has 0 aromatic rings. The molecule has 0 aromatic carbocycles. The van der Waals surface area contributed by atoms with Crippen molar-refractivity contribution in [1.82, 2.24) is 90.5 Å². The van der Waals surface area contributed by atoms with E-state index < -0.39 is 210 Å². The SMILES string of the molecule is CC(C)C[C@H](NC(=O)[C@H](CCCCN)NC(=O)[C@H](CC(C)C)NC(=O)[C@H](CC(C)C)NC(=O)[C@H](CCCCN)NC(=O)[C@H](CCC(N)=O)NC(=O)[C@H](CC(C)C)NC(=O)[C@H](CC(C)C)NC(=O)[C@H](CCCCN)NC(=O)[C@H](CC(C)C)NC(=O)[C@H](CC(C)C)NC(=O)[C@H](CCCCN)NC(=O)[C@H](CCCCN)NC(=O)[C@@H](N)CC(C)C)C(=O)N[C@@H](CCCCN)C(=O)NCC(=O)NCCCCCC(=O)NN. The molecule has 0 heterocycles. The molecule has 0 aliphatic rings. The predicted octanol–water partition coefficient (Wildman–Crippen LogP) is -0.708. The van der Waals surface area contributed by atoms with E-state index in [-0.39, 0.29) is 182 Å². The van der Waals surface area contributed by atoms with Crippen molar-refractivity contribution in [3.05, 3.63) is 0 Å². The summed E-state index contributed by atoms with van der Waals surface area (Å²) in [4.78, 5) is 255. The summed E-state index contributed by atoms with van der Waals surface area (Å²) in [6, 6.07) is -19.3. The Bertz CT molecular complexity index is 3760. The number of hydrogen-bond donors (Lipinski definition) is 26. The Balaban J connectivity index is 7.44. The van der Waals surface area contributed by atoms with Gasteiger partial charge in [-0.05, 0) is 273 Å². The number of unbranched alkanes of at least 4 members (excludes halogenated alkanes) is 8. The topological polar surface area (TPSA) is 746 Å². The molecule has 0 saturated carbocycles. The lowest BCUT2D eigenvalue weighted by molar-refractivity contribution is -0.137. The highest BCUT2D eigenvalue weighted by atomic mass is 16.2. The number of carbonyl (C=O) groups excluding carboxylic acids is 18. The molecule has 35 N–H and O–H groups in total. The Kier molecular flexibility index (Phi) is 69.7. The van der Waals surface area contributed by atoms with E-state index >= 15 is 0 Å². The van der Waals surface area contributed by atoms with Crippen LogP contribution in [0.25, 0.3) is 0 Å². The van der Waals surface area contributed by atoms with E-state index in [1.165, 1.54) is 0 Å². The van der Waals surface area contributed by atoms with Crippen LogP contribution in [0.5, 0.6) is 0 Å². The van der Waals surface area contributed by atoms with Crippen molar-refractivity contribution in [3.63, 3.8) is 0 Å². The van der Waals surface area contributed by atoms with Gasteiger partial charge in [0, 0.05) is 19.4 Å². The van der Waals surface area contributed by atoms with Gasteiger partial charge in [0.15, 0.2) is 0 Å². The Hall–Kier alpha value is -9.86. The Morgan fingerprint density at radius 3 is 0.610 bits per heavy atom. The Morgan fingerprint density at radius 1 is 0.206 bits per heavy atom. The molecule has 0 saturated heterocycles. The second-order valence-corrected chi connectivity index (χ2v) is 40.7. The van der Waals surface area contributed by atoms with E-state index in [0.717, 1.165) is 0 Å². The summed E-state index contributed by atoms with van der Waals surface area (Å²) in [5, 5.41) is 44.2. The highest BCUT2D eigenvalue weighted by Gasteiger charge is 2.40. The van der Waals surface area contributed by atoms with E-state index in [1.807, 2.05) is 55.4 Å². The molecule has 0 radical (unpaired) electrons. The van der Waals surface area contributed by atoms with Crippen LogP contribution in [0.1, 0.15) is 316 Å². The van der Waals surface area contributed by atoms with Crippen LogP contribution in [0.2, 0.25) is 0 Å². The van der Waals surface area contributed by atoms with Crippen LogP contribution < -0.4 is 142 Å². The largest absolute Gasteiger partial charge is 0.370 e. The monoisotopic (exact) mass is 2000 g/mol. The lowest BCUT2D eigenvalue weighted by atomic mass is 9.98. The van der Waals surface area contributed by atoms with Crippen molar-refractivity contribution in [2.24, 2.45) is 99.1 Å². The van der Waals surface area contributed by atoms with E-state index in [2.05, 4.69) is 90.5 Å². The quantitative estimate of drug-likeness (QED) is 0.0155. The van der Waals surface area contributed by atoms with Gasteiger partial charge in [-0.25, -0.2) is 5.84 Å². The van der Waals surface area contributed by atoms with Crippen molar-refractivity contribution >= 4 is 106 Å². The number of carbonyl (C=O) groups is 18. The minimum Gasteiger partial charge on any atom is -0.370 e. The molecule has 44 heteroatoms. The molecule has 812 valence electrons. The zero-order chi connectivity index (χ0) is 107. The first-order chi connectivity index (χ1) is 66.5. The van der Waals surface area contributed by atoms with Gasteiger partial charge < -0.3 is 131 Å².